The van der Waals surface area contributed by atoms with E-state index in [2.05, 4.69) is 42.7 Å². The standard InChI is InChI=1S/C12H18N2/c1-9-3-4-10(2)11(7-9)12-8-13-5-6-14-12/h3-4,7,12-14H,5-6,8H2,1-2H3. The molecule has 14 heavy (non-hydrogen) atoms. The first-order valence-electron chi connectivity index (χ1n) is 5.28. The first-order valence-corrected chi connectivity index (χ1v) is 5.28. The van der Waals surface area contributed by atoms with Crippen LogP contribution in [0.5, 0.6) is 0 Å². The Morgan fingerprint density at radius 1 is 1.21 bits per heavy atom. The van der Waals surface area contributed by atoms with Gasteiger partial charge in [0.25, 0.3) is 0 Å². The molecule has 0 saturated carbocycles. The predicted octanol–water partition coefficient (Wildman–Crippen LogP) is 1.54. The van der Waals surface area contributed by atoms with Gasteiger partial charge in [-0.2, -0.15) is 0 Å². The SMILES string of the molecule is Cc1ccc(C)c(C2CNCCN2)c1. The molecule has 0 spiro atoms. The summed E-state index contributed by atoms with van der Waals surface area (Å²) in [6.07, 6.45) is 0. The highest BCUT2D eigenvalue weighted by Gasteiger charge is 2.15. The van der Waals surface area contributed by atoms with Crippen molar-refractivity contribution in [3.63, 3.8) is 0 Å². The summed E-state index contributed by atoms with van der Waals surface area (Å²) in [5.74, 6) is 0. The van der Waals surface area contributed by atoms with Crippen molar-refractivity contribution in [3.05, 3.63) is 34.9 Å². The van der Waals surface area contributed by atoms with E-state index < -0.39 is 0 Å². The second-order valence-electron chi connectivity index (χ2n) is 4.07. The summed E-state index contributed by atoms with van der Waals surface area (Å²) in [5.41, 5.74) is 4.17. The summed E-state index contributed by atoms with van der Waals surface area (Å²) in [7, 11) is 0. The van der Waals surface area contributed by atoms with Gasteiger partial charge in [0.05, 0.1) is 0 Å². The summed E-state index contributed by atoms with van der Waals surface area (Å²) in [4.78, 5) is 0. The van der Waals surface area contributed by atoms with E-state index >= 15 is 0 Å². The molecule has 0 amide bonds. The van der Waals surface area contributed by atoms with E-state index in [1.165, 1.54) is 16.7 Å². The smallest absolute Gasteiger partial charge is 0.0449 e. The van der Waals surface area contributed by atoms with Gasteiger partial charge in [0.2, 0.25) is 0 Å². The van der Waals surface area contributed by atoms with Crippen LogP contribution in [0.1, 0.15) is 22.7 Å². The van der Waals surface area contributed by atoms with Crippen LogP contribution in [-0.2, 0) is 0 Å². The Bertz CT molecular complexity index is 314. The second-order valence-corrected chi connectivity index (χ2v) is 4.07. The highest BCUT2D eigenvalue weighted by atomic mass is 15.1. The third-order valence-electron chi connectivity index (χ3n) is 2.85. The van der Waals surface area contributed by atoms with Crippen LogP contribution in [0.2, 0.25) is 0 Å². The summed E-state index contributed by atoms with van der Waals surface area (Å²) in [6.45, 7) is 7.54. The predicted molar refractivity (Wildman–Crippen MR) is 59.5 cm³/mol. The van der Waals surface area contributed by atoms with Crippen molar-refractivity contribution in [2.75, 3.05) is 19.6 Å². The van der Waals surface area contributed by atoms with Gasteiger partial charge in [-0.3, -0.25) is 0 Å². The van der Waals surface area contributed by atoms with Crippen molar-refractivity contribution < 1.29 is 0 Å². The molecular formula is C12H18N2. The van der Waals surface area contributed by atoms with Gasteiger partial charge in [-0.25, -0.2) is 0 Å². The fourth-order valence-corrected chi connectivity index (χ4v) is 2.01. The van der Waals surface area contributed by atoms with E-state index in [1.54, 1.807) is 0 Å². The lowest BCUT2D eigenvalue weighted by molar-refractivity contribution is 0.429. The molecule has 0 bridgehead atoms. The van der Waals surface area contributed by atoms with Gasteiger partial charge < -0.3 is 10.6 Å². The Balaban J connectivity index is 2.24. The van der Waals surface area contributed by atoms with Crippen LogP contribution in [0, 0.1) is 13.8 Å². The molecule has 1 atom stereocenters. The van der Waals surface area contributed by atoms with E-state index in [0.717, 1.165) is 19.6 Å². The van der Waals surface area contributed by atoms with E-state index in [-0.39, 0.29) is 0 Å². The third kappa shape index (κ3) is 1.97. The average Bonchev–Trinajstić information content (AvgIpc) is 2.23. The zero-order valence-corrected chi connectivity index (χ0v) is 8.93. The van der Waals surface area contributed by atoms with Crippen molar-refractivity contribution in [1.82, 2.24) is 10.6 Å². The third-order valence-corrected chi connectivity index (χ3v) is 2.85. The lowest BCUT2D eigenvalue weighted by atomic mass is 9.98. The Kier molecular flexibility index (Phi) is 2.85. The summed E-state index contributed by atoms with van der Waals surface area (Å²) >= 11 is 0. The molecule has 2 rings (SSSR count). The van der Waals surface area contributed by atoms with Gasteiger partial charge in [0, 0.05) is 25.7 Å². The fourth-order valence-electron chi connectivity index (χ4n) is 2.01. The molecule has 1 unspecified atom stereocenters. The molecule has 1 aliphatic rings. The van der Waals surface area contributed by atoms with Crippen LogP contribution in [-0.4, -0.2) is 19.6 Å². The maximum atomic E-state index is 3.54. The second kappa shape index (κ2) is 4.11. The number of hydrogen-bond donors (Lipinski definition) is 2. The molecule has 1 heterocycles. The van der Waals surface area contributed by atoms with Crippen LogP contribution in [0.4, 0.5) is 0 Å². The Morgan fingerprint density at radius 3 is 2.79 bits per heavy atom. The molecule has 76 valence electrons. The molecule has 1 aromatic rings. The molecular weight excluding hydrogens is 172 g/mol. The molecule has 2 N–H and O–H groups in total. The lowest BCUT2D eigenvalue weighted by Crippen LogP contribution is -2.42. The van der Waals surface area contributed by atoms with Crippen molar-refractivity contribution >= 4 is 0 Å². The molecule has 1 fully saturated rings. The number of hydrogen-bond acceptors (Lipinski definition) is 2. The topological polar surface area (TPSA) is 24.1 Å². The van der Waals surface area contributed by atoms with E-state index in [4.69, 9.17) is 0 Å². The van der Waals surface area contributed by atoms with Crippen LogP contribution in [0.3, 0.4) is 0 Å². The molecule has 1 aliphatic heterocycles. The Morgan fingerprint density at radius 2 is 2.07 bits per heavy atom. The summed E-state index contributed by atoms with van der Waals surface area (Å²) in [5, 5.41) is 6.96. The molecule has 0 aromatic heterocycles. The minimum Gasteiger partial charge on any atom is -0.314 e. The zero-order chi connectivity index (χ0) is 9.97. The average molecular weight is 190 g/mol. The minimum absolute atomic E-state index is 0.489. The number of rotatable bonds is 1. The van der Waals surface area contributed by atoms with Gasteiger partial charge in [-0.1, -0.05) is 23.8 Å². The number of nitrogens with one attached hydrogen (secondary N) is 2. The van der Waals surface area contributed by atoms with Crippen LogP contribution in [0.15, 0.2) is 18.2 Å². The van der Waals surface area contributed by atoms with Crippen molar-refractivity contribution in [2.45, 2.75) is 19.9 Å². The monoisotopic (exact) mass is 190 g/mol. The van der Waals surface area contributed by atoms with E-state index in [0.29, 0.717) is 6.04 Å². The van der Waals surface area contributed by atoms with Crippen LogP contribution < -0.4 is 10.6 Å². The Labute approximate surface area is 85.7 Å². The number of benzene rings is 1. The molecule has 1 saturated heterocycles. The van der Waals surface area contributed by atoms with Crippen molar-refractivity contribution in [1.29, 1.82) is 0 Å². The Hall–Kier alpha value is -0.860. The van der Waals surface area contributed by atoms with Gasteiger partial charge in [0.1, 0.15) is 0 Å². The summed E-state index contributed by atoms with van der Waals surface area (Å²) in [6, 6.07) is 7.17. The van der Waals surface area contributed by atoms with E-state index in [9.17, 15) is 0 Å². The van der Waals surface area contributed by atoms with Crippen molar-refractivity contribution in [3.8, 4) is 0 Å². The fraction of sp³-hybridized carbons (Fsp3) is 0.500. The molecule has 0 radical (unpaired) electrons. The van der Waals surface area contributed by atoms with Gasteiger partial charge in [-0.15, -0.1) is 0 Å². The van der Waals surface area contributed by atoms with Crippen molar-refractivity contribution in [2.24, 2.45) is 0 Å². The van der Waals surface area contributed by atoms with Gasteiger partial charge in [-0.05, 0) is 25.0 Å². The number of aryl methyl sites for hydroxylation is 2. The normalized spacial score (nSPS) is 22.3. The first kappa shape index (κ1) is 9.69. The zero-order valence-electron chi connectivity index (χ0n) is 8.93. The summed E-state index contributed by atoms with van der Waals surface area (Å²) < 4.78 is 0. The maximum absolute atomic E-state index is 3.54. The van der Waals surface area contributed by atoms with Gasteiger partial charge in [0.15, 0.2) is 0 Å². The van der Waals surface area contributed by atoms with Crippen LogP contribution >= 0.6 is 0 Å². The lowest BCUT2D eigenvalue weighted by Gasteiger charge is -2.26. The molecule has 0 aliphatic carbocycles. The minimum atomic E-state index is 0.489. The van der Waals surface area contributed by atoms with Gasteiger partial charge >= 0.3 is 0 Å². The largest absolute Gasteiger partial charge is 0.314 e. The quantitative estimate of drug-likeness (QED) is 0.702. The van der Waals surface area contributed by atoms with Crippen LogP contribution in [0.25, 0.3) is 0 Å². The molecule has 1 aromatic carbocycles. The highest BCUT2D eigenvalue weighted by Crippen LogP contribution is 2.19. The van der Waals surface area contributed by atoms with E-state index in [1.807, 2.05) is 0 Å². The first-order chi connectivity index (χ1) is 6.77. The number of piperazine rings is 1. The highest BCUT2D eigenvalue weighted by molar-refractivity contribution is 5.33. The molecule has 2 nitrogen and oxygen atoms in total. The maximum Gasteiger partial charge on any atom is 0.0449 e. The molecule has 2 heteroatoms.